The van der Waals surface area contributed by atoms with E-state index in [4.69, 9.17) is 18.5 Å². The summed E-state index contributed by atoms with van der Waals surface area (Å²) in [6, 6.07) is 0. The number of phosphoric ester groups is 1. The molecule has 290 valence electrons. The first-order valence-electron chi connectivity index (χ1n) is 19.9. The van der Waals surface area contributed by atoms with Crippen molar-refractivity contribution in [1.29, 1.82) is 0 Å². The largest absolute Gasteiger partial charge is 0.472 e. The molecule has 0 heterocycles. The number of ether oxygens (including phenoxy) is 2. The molecule has 0 aromatic rings. The van der Waals surface area contributed by atoms with Gasteiger partial charge in [-0.2, -0.15) is 0 Å². The summed E-state index contributed by atoms with van der Waals surface area (Å²) in [4.78, 5) is 35.1. The first kappa shape index (κ1) is 47.8. The lowest BCUT2D eigenvalue weighted by Crippen LogP contribution is -2.37. The number of quaternary nitrogens is 1. The number of esters is 2. The molecule has 10 heteroatoms. The molecule has 0 saturated heterocycles. The van der Waals surface area contributed by atoms with E-state index >= 15 is 0 Å². The summed E-state index contributed by atoms with van der Waals surface area (Å²) in [5.74, 6) is -0.821. The number of carbonyl (C=O) groups excluding carboxylic acids is 2. The third-order valence-corrected chi connectivity index (χ3v) is 9.53. The average molecular weight is 719 g/mol. The molecule has 0 fully saturated rings. The van der Waals surface area contributed by atoms with Crippen molar-refractivity contribution in [3.63, 3.8) is 0 Å². The highest BCUT2D eigenvalue weighted by molar-refractivity contribution is 7.47. The minimum absolute atomic E-state index is 0.0316. The molecule has 0 bridgehead atoms. The molecule has 0 aromatic carbocycles. The second kappa shape index (κ2) is 32.6. The highest BCUT2D eigenvalue weighted by atomic mass is 31.2. The molecule has 0 aliphatic heterocycles. The maximum absolute atomic E-state index is 12.6. The zero-order valence-corrected chi connectivity index (χ0v) is 33.3. The topological polar surface area (TPSA) is 108 Å². The lowest BCUT2D eigenvalue weighted by molar-refractivity contribution is -0.870. The van der Waals surface area contributed by atoms with Crippen LogP contribution in [0.5, 0.6) is 0 Å². The standard InChI is InChI=1S/C39H76NO8P/c1-6-8-10-12-14-16-18-19-20-21-22-24-25-27-29-31-38(41)45-35-37(36-47-49(43,44)46-34-33-40(3,4)5)48-39(42)32-30-28-26-23-17-15-13-11-9-7-2/h22,24,37H,6-21,23,25-36H2,1-5H3/p+1/b24-22+/t37-/m0/s1. The molecular weight excluding hydrogens is 641 g/mol. The van der Waals surface area contributed by atoms with Crippen LogP contribution < -0.4 is 0 Å². The van der Waals surface area contributed by atoms with Crippen molar-refractivity contribution in [2.75, 3.05) is 47.5 Å². The molecule has 9 nitrogen and oxygen atoms in total. The van der Waals surface area contributed by atoms with Crippen molar-refractivity contribution in [1.82, 2.24) is 0 Å². The van der Waals surface area contributed by atoms with Gasteiger partial charge in [0, 0.05) is 12.8 Å². The first-order valence-corrected chi connectivity index (χ1v) is 21.4. The molecule has 0 spiro atoms. The fourth-order valence-electron chi connectivity index (χ4n) is 5.36. The van der Waals surface area contributed by atoms with Gasteiger partial charge >= 0.3 is 19.8 Å². The average Bonchev–Trinajstić information content (AvgIpc) is 3.04. The monoisotopic (exact) mass is 719 g/mol. The summed E-state index contributed by atoms with van der Waals surface area (Å²) in [6.07, 6.45) is 31.2. The van der Waals surface area contributed by atoms with Gasteiger partial charge in [-0.3, -0.25) is 18.6 Å². The van der Waals surface area contributed by atoms with E-state index in [9.17, 15) is 19.0 Å². The quantitative estimate of drug-likeness (QED) is 0.0224. The lowest BCUT2D eigenvalue weighted by Gasteiger charge is -2.24. The number of phosphoric acid groups is 1. The van der Waals surface area contributed by atoms with Crippen molar-refractivity contribution in [3.8, 4) is 0 Å². The molecule has 0 saturated carbocycles. The van der Waals surface area contributed by atoms with Crippen LogP contribution in [0.1, 0.15) is 174 Å². The number of hydrogen-bond donors (Lipinski definition) is 1. The highest BCUT2D eigenvalue weighted by Gasteiger charge is 2.27. The molecule has 2 atom stereocenters. The third-order valence-electron chi connectivity index (χ3n) is 8.55. The molecule has 0 radical (unpaired) electrons. The molecule has 0 amide bonds. The van der Waals surface area contributed by atoms with Crippen LogP contribution in [0.15, 0.2) is 12.2 Å². The van der Waals surface area contributed by atoms with Gasteiger partial charge in [0.15, 0.2) is 6.10 Å². The fraction of sp³-hybridized carbons (Fsp3) is 0.897. The van der Waals surface area contributed by atoms with Crippen LogP contribution in [0.4, 0.5) is 0 Å². The highest BCUT2D eigenvalue weighted by Crippen LogP contribution is 2.43. The molecule has 1 N–H and O–H groups in total. The second-order valence-corrected chi connectivity index (χ2v) is 16.1. The Labute approximate surface area is 301 Å². The summed E-state index contributed by atoms with van der Waals surface area (Å²) in [5.41, 5.74) is 0. The predicted molar refractivity (Wildman–Crippen MR) is 201 cm³/mol. The number of carbonyl (C=O) groups is 2. The molecule has 49 heavy (non-hydrogen) atoms. The van der Waals surface area contributed by atoms with Gasteiger partial charge in [-0.15, -0.1) is 0 Å². The van der Waals surface area contributed by atoms with Gasteiger partial charge < -0.3 is 18.9 Å². The van der Waals surface area contributed by atoms with E-state index < -0.39 is 26.5 Å². The smallest absolute Gasteiger partial charge is 0.462 e. The van der Waals surface area contributed by atoms with E-state index in [1.807, 2.05) is 21.1 Å². The molecule has 0 aliphatic rings. The second-order valence-electron chi connectivity index (χ2n) is 14.7. The Hall–Kier alpha value is -1.25. The van der Waals surface area contributed by atoms with Crippen LogP contribution >= 0.6 is 7.82 Å². The Morgan fingerprint density at radius 2 is 1.04 bits per heavy atom. The van der Waals surface area contributed by atoms with E-state index in [0.29, 0.717) is 23.9 Å². The minimum atomic E-state index is -4.36. The molecule has 0 rings (SSSR count). The predicted octanol–water partition coefficient (Wildman–Crippen LogP) is 10.6. The van der Waals surface area contributed by atoms with E-state index in [0.717, 1.165) is 32.1 Å². The maximum atomic E-state index is 12.6. The summed E-state index contributed by atoms with van der Waals surface area (Å²) in [5, 5.41) is 0. The normalized spacial score (nSPS) is 13.8. The molecule has 0 aliphatic carbocycles. The zero-order valence-electron chi connectivity index (χ0n) is 32.4. The van der Waals surface area contributed by atoms with Crippen LogP contribution in [0.2, 0.25) is 0 Å². The number of hydrogen-bond acceptors (Lipinski definition) is 7. The minimum Gasteiger partial charge on any atom is -0.462 e. The van der Waals surface area contributed by atoms with Gasteiger partial charge in [0.05, 0.1) is 27.7 Å². The van der Waals surface area contributed by atoms with Crippen molar-refractivity contribution >= 4 is 19.8 Å². The Morgan fingerprint density at radius 3 is 1.55 bits per heavy atom. The Balaban J connectivity index is 4.40. The maximum Gasteiger partial charge on any atom is 0.472 e. The van der Waals surface area contributed by atoms with Crippen molar-refractivity contribution in [2.24, 2.45) is 0 Å². The zero-order chi connectivity index (χ0) is 36.5. The van der Waals surface area contributed by atoms with E-state index in [2.05, 4.69) is 26.0 Å². The number of allylic oxidation sites excluding steroid dienone is 2. The fourth-order valence-corrected chi connectivity index (χ4v) is 6.10. The summed E-state index contributed by atoms with van der Waals surface area (Å²) < 4.78 is 34.1. The van der Waals surface area contributed by atoms with Crippen molar-refractivity contribution < 1.29 is 42.1 Å². The van der Waals surface area contributed by atoms with E-state index in [1.165, 1.54) is 103 Å². The van der Waals surface area contributed by atoms with Gasteiger partial charge in [-0.05, 0) is 38.5 Å². The molecule has 0 aromatic heterocycles. The molecular formula is C39H77NO8P+. The van der Waals surface area contributed by atoms with Crippen molar-refractivity contribution in [3.05, 3.63) is 12.2 Å². The van der Waals surface area contributed by atoms with Crippen molar-refractivity contribution in [2.45, 2.75) is 180 Å². The van der Waals surface area contributed by atoms with E-state index in [1.54, 1.807) is 0 Å². The van der Waals surface area contributed by atoms with Crippen LogP contribution in [0.3, 0.4) is 0 Å². The van der Waals surface area contributed by atoms with Gasteiger partial charge in [0.1, 0.15) is 19.8 Å². The van der Waals surface area contributed by atoms with Gasteiger partial charge in [-0.25, -0.2) is 4.57 Å². The Kier molecular flexibility index (Phi) is 31.8. The van der Waals surface area contributed by atoms with Crippen LogP contribution in [0.25, 0.3) is 0 Å². The number of likely N-dealkylation sites (N-methyl/N-ethyl adjacent to an activating group) is 1. The van der Waals surface area contributed by atoms with Crippen LogP contribution in [0, 0.1) is 0 Å². The summed E-state index contributed by atoms with van der Waals surface area (Å²) in [6.45, 7) is 4.38. The third kappa shape index (κ3) is 36.3. The van der Waals surface area contributed by atoms with Gasteiger partial charge in [0.25, 0.3) is 0 Å². The number of unbranched alkanes of at least 4 members (excludes halogenated alkanes) is 20. The summed E-state index contributed by atoms with van der Waals surface area (Å²) in [7, 11) is 1.47. The van der Waals surface area contributed by atoms with Crippen LogP contribution in [-0.4, -0.2) is 74.9 Å². The molecule has 1 unspecified atom stereocenters. The number of nitrogens with zero attached hydrogens (tertiary/aromatic N) is 1. The summed E-state index contributed by atoms with van der Waals surface area (Å²) >= 11 is 0. The van der Waals surface area contributed by atoms with Crippen LogP contribution in [-0.2, 0) is 32.7 Å². The SMILES string of the molecule is CCCCCCCCCCC/C=C/CCCCC(=O)OC[C@@H](COP(=O)(O)OCC[N+](C)(C)C)OC(=O)CCCCCCCCCCCC. The van der Waals surface area contributed by atoms with Gasteiger partial charge in [0.2, 0.25) is 0 Å². The lowest BCUT2D eigenvalue weighted by atomic mass is 10.1. The van der Waals surface area contributed by atoms with E-state index in [-0.39, 0.29) is 32.0 Å². The Morgan fingerprint density at radius 1 is 0.612 bits per heavy atom. The number of rotatable bonds is 36. The van der Waals surface area contributed by atoms with Gasteiger partial charge in [-0.1, -0.05) is 135 Å². The first-order chi connectivity index (χ1) is 23.5. The Bertz CT molecular complexity index is 860.